The fraction of sp³-hybridized carbons (Fsp3) is 0.316. The van der Waals surface area contributed by atoms with Gasteiger partial charge in [-0.3, -0.25) is 4.99 Å². The summed E-state index contributed by atoms with van der Waals surface area (Å²) in [6.45, 7) is -1.98. The number of hydrogen-bond donors (Lipinski definition) is 2. The molecule has 0 saturated carbocycles. The fourth-order valence-corrected chi connectivity index (χ4v) is 3.43. The van der Waals surface area contributed by atoms with Crippen molar-refractivity contribution in [1.82, 2.24) is 14.9 Å². The minimum absolute atomic E-state index is 0. The normalized spacial score (nSPS) is 11.7. The highest BCUT2D eigenvalue weighted by atomic mass is 127. The highest BCUT2D eigenvalue weighted by molar-refractivity contribution is 14.0. The second-order valence-corrected chi connectivity index (χ2v) is 8.02. The third-order valence-electron chi connectivity index (χ3n) is 4.07. The van der Waals surface area contributed by atoms with Crippen LogP contribution in [0.3, 0.4) is 0 Å². The van der Waals surface area contributed by atoms with Gasteiger partial charge >= 0.3 is 6.61 Å². The lowest BCUT2D eigenvalue weighted by atomic mass is 10.2. The van der Waals surface area contributed by atoms with Crippen molar-refractivity contribution < 1.29 is 21.9 Å². The van der Waals surface area contributed by atoms with Crippen molar-refractivity contribution in [3.8, 4) is 5.75 Å². The molecule has 2 aromatic rings. The summed E-state index contributed by atoms with van der Waals surface area (Å²) in [7, 11) is 1.33. The highest BCUT2D eigenvalue weighted by Gasteiger charge is 2.12. The maximum Gasteiger partial charge on any atom is 0.387 e. The zero-order valence-corrected chi connectivity index (χ0v) is 19.9. The van der Waals surface area contributed by atoms with Crippen molar-refractivity contribution in [2.24, 2.45) is 4.99 Å². The summed E-state index contributed by atoms with van der Waals surface area (Å²) in [4.78, 5) is 6.27. The first-order valence-electron chi connectivity index (χ1n) is 8.73. The van der Waals surface area contributed by atoms with Gasteiger partial charge in [-0.25, -0.2) is 13.1 Å². The molecule has 0 fully saturated rings. The number of nitrogens with one attached hydrogen (secondary N) is 2. The molecule has 0 aliphatic rings. The molecule has 0 aliphatic carbocycles. The first-order valence-corrected chi connectivity index (χ1v) is 10.2. The summed E-state index contributed by atoms with van der Waals surface area (Å²) < 4.78 is 54.9. The maximum atomic E-state index is 12.2. The molecule has 0 bridgehead atoms. The van der Waals surface area contributed by atoms with Crippen LogP contribution in [0.5, 0.6) is 5.75 Å². The summed E-state index contributed by atoms with van der Waals surface area (Å²) in [6, 6.07) is 13.0. The van der Waals surface area contributed by atoms with Crippen LogP contribution in [0.25, 0.3) is 0 Å². The number of hydrogen-bond acceptors (Lipinski definition) is 4. The van der Waals surface area contributed by atoms with Crippen LogP contribution in [0.1, 0.15) is 11.1 Å². The van der Waals surface area contributed by atoms with Crippen molar-refractivity contribution in [3.63, 3.8) is 0 Å². The Kier molecular flexibility index (Phi) is 10.4. The van der Waals surface area contributed by atoms with E-state index >= 15 is 0 Å². The SMILES string of the molecule is CN=C(NCc1cccc(S(=O)(=O)NC)c1)N(C)Cc1ccc(OC(F)F)cc1.I. The minimum Gasteiger partial charge on any atom is -0.435 e. The summed E-state index contributed by atoms with van der Waals surface area (Å²) >= 11 is 0. The summed E-state index contributed by atoms with van der Waals surface area (Å²) in [5, 5.41) is 3.18. The van der Waals surface area contributed by atoms with Crippen molar-refractivity contribution in [1.29, 1.82) is 0 Å². The average Bonchev–Trinajstić information content (AvgIpc) is 2.70. The third kappa shape index (κ3) is 7.69. The second kappa shape index (κ2) is 12.0. The third-order valence-corrected chi connectivity index (χ3v) is 5.48. The molecular weight excluding hydrogens is 529 g/mol. The molecule has 30 heavy (non-hydrogen) atoms. The van der Waals surface area contributed by atoms with E-state index in [1.54, 1.807) is 31.3 Å². The number of halogens is 3. The fourth-order valence-electron chi connectivity index (χ4n) is 2.63. The Labute approximate surface area is 192 Å². The quantitative estimate of drug-likeness (QED) is 0.298. The van der Waals surface area contributed by atoms with Gasteiger partial charge in [0.2, 0.25) is 10.0 Å². The number of ether oxygens (including phenoxy) is 1. The molecule has 0 atom stereocenters. The van der Waals surface area contributed by atoms with Crippen LogP contribution in [0.2, 0.25) is 0 Å². The predicted octanol–water partition coefficient (Wildman–Crippen LogP) is 3.02. The predicted molar refractivity (Wildman–Crippen MR) is 123 cm³/mol. The number of guanidine groups is 1. The van der Waals surface area contributed by atoms with E-state index in [9.17, 15) is 17.2 Å². The molecule has 2 N–H and O–H groups in total. The zero-order valence-electron chi connectivity index (χ0n) is 16.8. The van der Waals surface area contributed by atoms with Crippen LogP contribution in [-0.4, -0.2) is 47.0 Å². The number of rotatable bonds is 8. The molecular formula is C19H25F2IN4O3S. The Morgan fingerprint density at radius 3 is 2.40 bits per heavy atom. The summed E-state index contributed by atoms with van der Waals surface area (Å²) in [5.41, 5.74) is 1.67. The Hall–Kier alpha value is -1.99. The van der Waals surface area contributed by atoms with Crippen molar-refractivity contribution >= 4 is 40.0 Å². The molecule has 0 amide bonds. The molecule has 2 aromatic carbocycles. The van der Waals surface area contributed by atoms with Crippen LogP contribution in [0, 0.1) is 0 Å². The molecule has 0 spiro atoms. The largest absolute Gasteiger partial charge is 0.435 e. The lowest BCUT2D eigenvalue weighted by Crippen LogP contribution is -2.38. The van der Waals surface area contributed by atoms with Gasteiger partial charge in [-0.15, -0.1) is 24.0 Å². The first kappa shape index (κ1) is 26.0. The lowest BCUT2D eigenvalue weighted by molar-refractivity contribution is -0.0498. The molecule has 0 heterocycles. The molecule has 0 aliphatic heterocycles. The van der Waals surface area contributed by atoms with E-state index in [0.717, 1.165) is 11.1 Å². The molecule has 0 radical (unpaired) electrons. The van der Waals surface area contributed by atoms with Crippen LogP contribution in [0.4, 0.5) is 8.78 Å². The standard InChI is InChI=1S/C19H24F2N4O3S.HI/c1-22-19(24-12-15-5-4-6-17(11-15)29(26,27)23-2)25(3)13-14-7-9-16(10-8-14)28-18(20)21;/h4-11,18,23H,12-13H2,1-3H3,(H,22,24);1H. The van der Waals surface area contributed by atoms with Gasteiger partial charge in [0, 0.05) is 27.2 Å². The number of nitrogens with zero attached hydrogens (tertiary/aromatic N) is 2. The van der Waals surface area contributed by atoms with Gasteiger partial charge in [0.25, 0.3) is 0 Å². The van der Waals surface area contributed by atoms with Crippen LogP contribution >= 0.6 is 24.0 Å². The van der Waals surface area contributed by atoms with E-state index in [1.807, 2.05) is 18.0 Å². The Balaban J connectivity index is 0.00000450. The summed E-state index contributed by atoms with van der Waals surface area (Å²) in [5.74, 6) is 0.699. The van der Waals surface area contributed by atoms with Gasteiger partial charge in [-0.05, 0) is 42.4 Å². The van der Waals surface area contributed by atoms with Gasteiger partial charge in [0.1, 0.15) is 5.75 Å². The van der Waals surface area contributed by atoms with Gasteiger partial charge in [0.05, 0.1) is 4.90 Å². The van der Waals surface area contributed by atoms with Gasteiger partial charge in [-0.1, -0.05) is 24.3 Å². The molecule has 2 rings (SSSR count). The van der Waals surface area contributed by atoms with E-state index in [2.05, 4.69) is 19.8 Å². The van der Waals surface area contributed by atoms with E-state index in [4.69, 9.17) is 0 Å². The number of benzene rings is 2. The molecule has 7 nitrogen and oxygen atoms in total. The molecule has 0 unspecified atom stereocenters. The Bertz CT molecular complexity index is 941. The van der Waals surface area contributed by atoms with Gasteiger partial charge in [-0.2, -0.15) is 8.78 Å². The smallest absolute Gasteiger partial charge is 0.387 e. The van der Waals surface area contributed by atoms with Crippen molar-refractivity contribution in [3.05, 3.63) is 59.7 Å². The second-order valence-electron chi connectivity index (χ2n) is 6.13. The molecule has 11 heteroatoms. The Morgan fingerprint density at radius 2 is 1.83 bits per heavy atom. The van der Waals surface area contributed by atoms with Gasteiger partial charge in [0.15, 0.2) is 5.96 Å². The molecule has 0 aromatic heterocycles. The van der Waals surface area contributed by atoms with Crippen LogP contribution < -0.4 is 14.8 Å². The van der Waals surface area contributed by atoms with Crippen molar-refractivity contribution in [2.45, 2.75) is 24.6 Å². The average molecular weight is 554 g/mol. The van der Waals surface area contributed by atoms with Gasteiger partial charge < -0.3 is 15.0 Å². The topological polar surface area (TPSA) is 83.0 Å². The molecule has 0 saturated heterocycles. The lowest BCUT2D eigenvalue weighted by Gasteiger charge is -2.22. The summed E-state index contributed by atoms with van der Waals surface area (Å²) in [6.07, 6.45) is 0. The van der Waals surface area contributed by atoms with E-state index in [-0.39, 0.29) is 34.6 Å². The Morgan fingerprint density at radius 1 is 1.17 bits per heavy atom. The minimum atomic E-state index is -3.51. The number of aliphatic imine (C=N–C) groups is 1. The van der Waals surface area contributed by atoms with E-state index in [0.29, 0.717) is 19.0 Å². The van der Waals surface area contributed by atoms with E-state index < -0.39 is 16.6 Å². The number of alkyl halides is 2. The highest BCUT2D eigenvalue weighted by Crippen LogP contribution is 2.16. The van der Waals surface area contributed by atoms with Crippen LogP contribution in [0.15, 0.2) is 58.4 Å². The van der Waals surface area contributed by atoms with Crippen molar-refractivity contribution in [2.75, 3.05) is 21.1 Å². The van der Waals surface area contributed by atoms with E-state index in [1.165, 1.54) is 25.2 Å². The number of sulfonamides is 1. The maximum absolute atomic E-state index is 12.2. The van der Waals surface area contributed by atoms with Crippen LogP contribution in [-0.2, 0) is 23.1 Å². The first-order chi connectivity index (χ1) is 13.7. The zero-order chi connectivity index (χ0) is 21.4. The monoisotopic (exact) mass is 554 g/mol. The molecule has 166 valence electrons.